The molecule has 0 amide bonds. The number of hydrogen-bond donors (Lipinski definition) is 0. The molecule has 0 fully saturated rings. The highest BCUT2D eigenvalue weighted by atomic mass is 15.0. The van der Waals surface area contributed by atoms with E-state index in [9.17, 15) is 0 Å². The first-order chi connectivity index (χ1) is 29.2. The second-order valence-electron chi connectivity index (χ2n) is 15.9. The van der Waals surface area contributed by atoms with Gasteiger partial charge in [-0.3, -0.25) is 0 Å². The molecule has 276 valence electrons. The van der Waals surface area contributed by atoms with Crippen LogP contribution in [0.4, 0.5) is 0 Å². The van der Waals surface area contributed by atoms with Gasteiger partial charge in [-0.1, -0.05) is 109 Å². The zero-order valence-electron chi connectivity index (χ0n) is 32.3. The van der Waals surface area contributed by atoms with E-state index in [1.807, 2.05) is 0 Å². The predicted molar refractivity (Wildman–Crippen MR) is 249 cm³/mol. The first kappa shape index (κ1) is 32.3. The van der Waals surface area contributed by atoms with Crippen molar-refractivity contribution in [1.82, 2.24) is 18.3 Å². The third-order valence-corrected chi connectivity index (χ3v) is 12.5. The number of fused-ring (bicyclic) bond motifs is 12. The minimum absolute atomic E-state index is 1.14. The first-order valence-electron chi connectivity index (χ1n) is 20.4. The highest BCUT2D eigenvalue weighted by Crippen LogP contribution is 2.42. The molecule has 13 aromatic rings. The van der Waals surface area contributed by atoms with Gasteiger partial charge in [0.15, 0.2) is 0 Å². The zero-order valence-corrected chi connectivity index (χ0v) is 32.3. The molecule has 0 spiro atoms. The molecule has 0 N–H and O–H groups in total. The van der Waals surface area contributed by atoms with Crippen molar-refractivity contribution in [3.8, 4) is 22.7 Å². The summed E-state index contributed by atoms with van der Waals surface area (Å²) in [4.78, 5) is 0. The van der Waals surface area contributed by atoms with Crippen molar-refractivity contribution in [2.45, 2.75) is 6.92 Å². The maximum absolute atomic E-state index is 2.48. The van der Waals surface area contributed by atoms with Gasteiger partial charge < -0.3 is 18.3 Å². The van der Waals surface area contributed by atoms with Crippen LogP contribution in [0.5, 0.6) is 0 Å². The molecule has 0 aliphatic heterocycles. The van der Waals surface area contributed by atoms with Gasteiger partial charge in [-0.05, 0) is 103 Å². The molecule has 0 atom stereocenters. The summed E-state index contributed by atoms with van der Waals surface area (Å²) in [5.74, 6) is 0. The molecule has 0 aliphatic rings. The average Bonchev–Trinajstić information content (AvgIpc) is 3.99. The average molecular weight is 753 g/mol. The topological polar surface area (TPSA) is 19.7 Å². The molecule has 59 heavy (non-hydrogen) atoms. The van der Waals surface area contributed by atoms with Crippen molar-refractivity contribution in [2.24, 2.45) is 0 Å². The lowest BCUT2D eigenvalue weighted by molar-refractivity contribution is 1.12. The van der Waals surface area contributed by atoms with Gasteiger partial charge in [0.25, 0.3) is 0 Å². The Hall–Kier alpha value is -7.82. The molecule has 4 heterocycles. The van der Waals surface area contributed by atoms with Crippen molar-refractivity contribution in [1.29, 1.82) is 0 Å². The van der Waals surface area contributed by atoms with Crippen LogP contribution < -0.4 is 0 Å². The fourth-order valence-electron chi connectivity index (χ4n) is 10.1. The van der Waals surface area contributed by atoms with E-state index in [-0.39, 0.29) is 0 Å². The zero-order chi connectivity index (χ0) is 38.8. The number of para-hydroxylation sites is 6. The second kappa shape index (κ2) is 12.1. The molecular formula is C55H36N4. The lowest BCUT2D eigenvalue weighted by atomic mass is 10.1. The lowest BCUT2D eigenvalue weighted by Crippen LogP contribution is -2.00. The van der Waals surface area contributed by atoms with Gasteiger partial charge in [-0.25, -0.2) is 0 Å². The smallest absolute Gasteiger partial charge is 0.0562 e. The summed E-state index contributed by atoms with van der Waals surface area (Å²) >= 11 is 0. The fraction of sp³-hybridized carbons (Fsp3) is 0.0182. The van der Waals surface area contributed by atoms with Crippen LogP contribution in [0.3, 0.4) is 0 Å². The van der Waals surface area contributed by atoms with Gasteiger partial charge in [-0.15, -0.1) is 0 Å². The predicted octanol–water partition coefficient (Wildman–Crippen LogP) is 14.4. The van der Waals surface area contributed by atoms with E-state index in [2.05, 4.69) is 225 Å². The summed E-state index contributed by atoms with van der Waals surface area (Å²) in [6.07, 6.45) is 0. The van der Waals surface area contributed by atoms with Crippen LogP contribution >= 0.6 is 0 Å². The Bertz CT molecular complexity index is 3590. The van der Waals surface area contributed by atoms with Crippen molar-refractivity contribution in [2.75, 3.05) is 0 Å². The third kappa shape index (κ3) is 4.54. The molecule has 4 nitrogen and oxygen atoms in total. The molecule has 4 aromatic heterocycles. The van der Waals surface area contributed by atoms with E-state index in [0.29, 0.717) is 0 Å². The maximum atomic E-state index is 2.48. The first-order valence-corrected chi connectivity index (χ1v) is 20.4. The number of aromatic nitrogens is 4. The van der Waals surface area contributed by atoms with Crippen LogP contribution in [0.25, 0.3) is 110 Å². The monoisotopic (exact) mass is 752 g/mol. The van der Waals surface area contributed by atoms with E-state index in [1.165, 1.54) is 92.8 Å². The summed E-state index contributed by atoms with van der Waals surface area (Å²) in [5, 5.41) is 10.0. The van der Waals surface area contributed by atoms with Gasteiger partial charge in [0.2, 0.25) is 0 Å². The number of rotatable bonds is 4. The van der Waals surface area contributed by atoms with Crippen LogP contribution in [-0.2, 0) is 0 Å². The van der Waals surface area contributed by atoms with E-state index in [1.54, 1.807) is 0 Å². The van der Waals surface area contributed by atoms with Gasteiger partial charge in [-0.2, -0.15) is 0 Å². The lowest BCUT2D eigenvalue weighted by Gasteiger charge is -2.15. The Morgan fingerprint density at radius 1 is 0.220 bits per heavy atom. The highest BCUT2D eigenvalue weighted by molar-refractivity contribution is 6.21. The Labute approximate surface area is 339 Å². The minimum atomic E-state index is 1.14. The standard InChI is InChI=1S/C55H36N4/c1-35-28-38(58-50-26-14-10-22-42(50)46-31-44-40-20-8-12-24-48(40)56(52(44)33-54(46)58)36-16-4-2-5-17-36)30-39(29-35)59-51-27-15-11-23-43(51)47-32-45-41-21-9-13-25-49(41)57(53(45)34-55(47)59)37-18-6-3-7-19-37/h2-34H,1H3. The number of nitrogens with zero attached hydrogens (tertiary/aromatic N) is 4. The van der Waals surface area contributed by atoms with Gasteiger partial charge in [0.1, 0.15) is 0 Å². The van der Waals surface area contributed by atoms with Crippen LogP contribution in [0.15, 0.2) is 200 Å². The largest absolute Gasteiger partial charge is 0.309 e. The van der Waals surface area contributed by atoms with Gasteiger partial charge in [0, 0.05) is 65.8 Å². The Kier molecular flexibility index (Phi) is 6.62. The Morgan fingerprint density at radius 2 is 0.508 bits per heavy atom. The van der Waals surface area contributed by atoms with Gasteiger partial charge in [0.05, 0.1) is 44.1 Å². The highest BCUT2D eigenvalue weighted by Gasteiger charge is 2.21. The van der Waals surface area contributed by atoms with Gasteiger partial charge >= 0.3 is 0 Å². The molecule has 9 aromatic carbocycles. The molecule has 13 rings (SSSR count). The fourth-order valence-corrected chi connectivity index (χ4v) is 10.1. The number of hydrogen-bond acceptors (Lipinski definition) is 0. The van der Waals surface area contributed by atoms with E-state index >= 15 is 0 Å². The van der Waals surface area contributed by atoms with Crippen molar-refractivity contribution >= 4 is 87.2 Å². The van der Waals surface area contributed by atoms with Crippen molar-refractivity contribution < 1.29 is 0 Å². The Balaban J connectivity index is 1.11. The molecule has 0 bridgehead atoms. The van der Waals surface area contributed by atoms with Crippen LogP contribution in [0, 0.1) is 6.92 Å². The normalized spacial score (nSPS) is 12.2. The van der Waals surface area contributed by atoms with Crippen molar-refractivity contribution in [3.05, 3.63) is 206 Å². The van der Waals surface area contributed by atoms with Crippen molar-refractivity contribution in [3.63, 3.8) is 0 Å². The maximum Gasteiger partial charge on any atom is 0.0562 e. The van der Waals surface area contributed by atoms with E-state index in [0.717, 1.165) is 22.7 Å². The summed E-state index contributed by atoms with van der Waals surface area (Å²) in [6.45, 7) is 2.23. The van der Waals surface area contributed by atoms with Crippen LogP contribution in [0.2, 0.25) is 0 Å². The molecular weight excluding hydrogens is 717 g/mol. The number of benzene rings is 9. The molecule has 4 heteroatoms. The van der Waals surface area contributed by atoms with E-state index in [4.69, 9.17) is 0 Å². The Morgan fingerprint density at radius 3 is 0.847 bits per heavy atom. The molecule has 0 unspecified atom stereocenters. The number of aryl methyl sites for hydroxylation is 1. The summed E-state index contributed by atoms with van der Waals surface area (Å²) in [6, 6.07) is 73.6. The minimum Gasteiger partial charge on any atom is -0.309 e. The molecule has 0 aliphatic carbocycles. The molecule has 0 saturated heterocycles. The van der Waals surface area contributed by atoms with Crippen LogP contribution in [-0.4, -0.2) is 18.3 Å². The summed E-state index contributed by atoms with van der Waals surface area (Å²) < 4.78 is 9.79. The molecule has 0 radical (unpaired) electrons. The van der Waals surface area contributed by atoms with Crippen LogP contribution in [0.1, 0.15) is 5.56 Å². The molecule has 0 saturated carbocycles. The summed E-state index contributed by atoms with van der Waals surface area (Å²) in [7, 11) is 0. The third-order valence-electron chi connectivity index (χ3n) is 12.5. The SMILES string of the molecule is Cc1cc(-n2c3ccccc3c3cc4c5ccccc5n(-c5ccccc5)c4cc32)cc(-n2c3ccccc3c3cc4c5ccccc5n(-c5ccccc5)c4cc32)c1. The summed E-state index contributed by atoms with van der Waals surface area (Å²) in [5.41, 5.74) is 15.4. The second-order valence-corrected chi connectivity index (χ2v) is 15.9. The van der Waals surface area contributed by atoms with E-state index < -0.39 is 0 Å². The quantitative estimate of drug-likeness (QED) is 0.171.